The first-order valence-electron chi connectivity index (χ1n) is 5.95. The van der Waals surface area contributed by atoms with Gasteiger partial charge < -0.3 is 15.3 Å². The minimum atomic E-state index is -3.28. The summed E-state index contributed by atoms with van der Waals surface area (Å²) in [5.74, 6) is -0.984. The molecule has 0 unspecified atom stereocenters. The van der Waals surface area contributed by atoms with Gasteiger partial charge in [0.1, 0.15) is 0 Å². The maximum Gasteiger partial charge on any atom is 0.317 e. The minimum absolute atomic E-state index is 0.0196. The second-order valence-electron chi connectivity index (χ2n) is 4.91. The van der Waals surface area contributed by atoms with Crippen LogP contribution in [0.2, 0.25) is 0 Å². The van der Waals surface area contributed by atoms with Gasteiger partial charge in [0.05, 0.1) is 11.2 Å². The van der Waals surface area contributed by atoms with Crippen LogP contribution in [0.4, 0.5) is 4.79 Å². The fraction of sp³-hybridized carbons (Fsp3) is 0.818. The number of amides is 2. The molecule has 112 valence electrons. The molecule has 0 aromatic rings. The Bertz CT molecular complexity index is 430. The van der Waals surface area contributed by atoms with Crippen molar-refractivity contribution in [3.8, 4) is 0 Å². The van der Waals surface area contributed by atoms with Gasteiger partial charge in [0.25, 0.3) is 0 Å². The lowest BCUT2D eigenvalue weighted by Gasteiger charge is -2.26. The van der Waals surface area contributed by atoms with Gasteiger partial charge in [0.2, 0.25) is 0 Å². The maximum atomic E-state index is 11.8. The normalized spacial score (nSPS) is 12.0. The molecule has 7 nitrogen and oxygen atoms in total. The van der Waals surface area contributed by atoms with E-state index in [2.05, 4.69) is 5.32 Å². The standard InChI is InChI=1S/C11H22N2O5S/c1-5-13(7-6-9(14)15)10(16)12-8-11(2,3)19(4,17)18/h5-8H2,1-4H3,(H,12,16)(H,14,15). The highest BCUT2D eigenvalue weighted by molar-refractivity contribution is 7.92. The molecule has 0 aliphatic heterocycles. The highest BCUT2D eigenvalue weighted by atomic mass is 32.2. The van der Waals surface area contributed by atoms with Gasteiger partial charge in [-0.2, -0.15) is 0 Å². The molecule has 0 atom stereocenters. The lowest BCUT2D eigenvalue weighted by atomic mass is 10.2. The Hall–Kier alpha value is -1.31. The monoisotopic (exact) mass is 294 g/mol. The van der Waals surface area contributed by atoms with Crippen LogP contribution in [0.3, 0.4) is 0 Å². The number of hydrogen-bond donors (Lipinski definition) is 2. The molecule has 0 saturated carbocycles. The van der Waals surface area contributed by atoms with Gasteiger partial charge in [-0.05, 0) is 20.8 Å². The Morgan fingerprint density at radius 2 is 1.84 bits per heavy atom. The molecule has 2 N–H and O–H groups in total. The number of nitrogens with one attached hydrogen (secondary N) is 1. The van der Waals surface area contributed by atoms with Crippen molar-refractivity contribution in [2.75, 3.05) is 25.9 Å². The first-order chi connectivity index (χ1) is 8.51. The number of hydrogen-bond acceptors (Lipinski definition) is 4. The first-order valence-corrected chi connectivity index (χ1v) is 7.84. The summed E-state index contributed by atoms with van der Waals surface area (Å²) < 4.78 is 21.9. The van der Waals surface area contributed by atoms with E-state index in [9.17, 15) is 18.0 Å². The van der Waals surface area contributed by atoms with E-state index in [-0.39, 0.29) is 19.5 Å². The summed E-state index contributed by atoms with van der Waals surface area (Å²) in [6, 6.07) is -0.458. The van der Waals surface area contributed by atoms with E-state index in [1.54, 1.807) is 6.92 Å². The number of rotatable bonds is 7. The lowest BCUT2D eigenvalue weighted by molar-refractivity contribution is -0.137. The van der Waals surface area contributed by atoms with E-state index < -0.39 is 26.6 Å². The van der Waals surface area contributed by atoms with Crippen LogP contribution in [0.5, 0.6) is 0 Å². The summed E-state index contributed by atoms with van der Waals surface area (Å²) in [5.41, 5.74) is 0. The summed E-state index contributed by atoms with van der Waals surface area (Å²) in [6.07, 6.45) is 0.970. The summed E-state index contributed by atoms with van der Waals surface area (Å²) in [4.78, 5) is 23.6. The van der Waals surface area contributed by atoms with E-state index in [1.165, 1.54) is 18.7 Å². The number of carboxylic acids is 1. The molecule has 0 spiro atoms. The average molecular weight is 294 g/mol. The second kappa shape index (κ2) is 6.74. The molecule has 0 radical (unpaired) electrons. The molecule has 0 rings (SSSR count). The van der Waals surface area contributed by atoms with Crippen LogP contribution in [0.15, 0.2) is 0 Å². The smallest absolute Gasteiger partial charge is 0.317 e. The predicted octanol–water partition coefficient (Wildman–Crippen LogP) is 0.316. The summed E-state index contributed by atoms with van der Waals surface area (Å²) in [7, 11) is -3.28. The highest BCUT2D eigenvalue weighted by Crippen LogP contribution is 2.13. The third kappa shape index (κ3) is 5.91. The maximum absolute atomic E-state index is 11.8. The van der Waals surface area contributed by atoms with Crippen molar-refractivity contribution in [2.45, 2.75) is 31.9 Å². The van der Waals surface area contributed by atoms with Crippen LogP contribution in [0.1, 0.15) is 27.2 Å². The fourth-order valence-electron chi connectivity index (χ4n) is 1.17. The van der Waals surface area contributed by atoms with Crippen LogP contribution in [0.25, 0.3) is 0 Å². The van der Waals surface area contributed by atoms with Gasteiger partial charge in [-0.15, -0.1) is 0 Å². The zero-order valence-electron chi connectivity index (χ0n) is 11.8. The topological polar surface area (TPSA) is 104 Å². The van der Waals surface area contributed by atoms with Gasteiger partial charge in [-0.25, -0.2) is 13.2 Å². The Morgan fingerprint density at radius 1 is 1.32 bits per heavy atom. The molecule has 0 heterocycles. The van der Waals surface area contributed by atoms with Crippen molar-refractivity contribution < 1.29 is 23.1 Å². The quantitative estimate of drug-likeness (QED) is 0.703. The summed E-state index contributed by atoms with van der Waals surface area (Å²) in [6.45, 7) is 5.21. The molecule has 19 heavy (non-hydrogen) atoms. The van der Waals surface area contributed by atoms with Crippen molar-refractivity contribution >= 4 is 21.8 Å². The van der Waals surface area contributed by atoms with Crippen LogP contribution in [-0.4, -0.2) is 61.1 Å². The van der Waals surface area contributed by atoms with E-state index in [4.69, 9.17) is 5.11 Å². The zero-order valence-corrected chi connectivity index (χ0v) is 12.6. The van der Waals surface area contributed by atoms with E-state index in [1.807, 2.05) is 0 Å². The van der Waals surface area contributed by atoms with E-state index in [0.717, 1.165) is 6.26 Å². The molecule has 0 aromatic heterocycles. The van der Waals surface area contributed by atoms with Crippen LogP contribution >= 0.6 is 0 Å². The molecule has 0 fully saturated rings. The molecular formula is C11H22N2O5S. The van der Waals surface area contributed by atoms with Gasteiger partial charge in [0.15, 0.2) is 9.84 Å². The molecule has 0 aliphatic rings. The predicted molar refractivity (Wildman–Crippen MR) is 71.8 cm³/mol. The van der Waals surface area contributed by atoms with Gasteiger partial charge in [0, 0.05) is 25.9 Å². The minimum Gasteiger partial charge on any atom is -0.481 e. The first kappa shape index (κ1) is 17.7. The number of sulfone groups is 1. The summed E-state index contributed by atoms with van der Waals surface area (Å²) >= 11 is 0. The van der Waals surface area contributed by atoms with Crippen LogP contribution < -0.4 is 5.32 Å². The Kier molecular flexibility index (Phi) is 6.28. The van der Waals surface area contributed by atoms with Crippen LogP contribution in [0, 0.1) is 0 Å². The Labute approximate surface area is 113 Å². The average Bonchev–Trinajstić information content (AvgIpc) is 2.25. The molecule has 0 aromatic carbocycles. The number of nitrogens with zero attached hydrogens (tertiary/aromatic N) is 1. The van der Waals surface area contributed by atoms with Crippen molar-refractivity contribution in [1.82, 2.24) is 10.2 Å². The molecular weight excluding hydrogens is 272 g/mol. The van der Waals surface area contributed by atoms with Crippen molar-refractivity contribution in [1.29, 1.82) is 0 Å². The summed E-state index contributed by atoms with van der Waals surface area (Å²) in [5, 5.41) is 11.1. The van der Waals surface area contributed by atoms with E-state index in [0.29, 0.717) is 6.54 Å². The van der Waals surface area contributed by atoms with Crippen molar-refractivity contribution in [3.63, 3.8) is 0 Å². The Morgan fingerprint density at radius 3 is 2.21 bits per heavy atom. The van der Waals surface area contributed by atoms with Gasteiger partial charge >= 0.3 is 12.0 Å². The number of urea groups is 1. The van der Waals surface area contributed by atoms with Gasteiger partial charge in [-0.1, -0.05) is 0 Å². The fourth-order valence-corrected chi connectivity index (χ4v) is 1.50. The second-order valence-corrected chi connectivity index (χ2v) is 7.56. The largest absolute Gasteiger partial charge is 0.481 e. The molecule has 0 bridgehead atoms. The number of carbonyl (C=O) groups excluding carboxylic acids is 1. The van der Waals surface area contributed by atoms with Crippen molar-refractivity contribution in [2.24, 2.45) is 0 Å². The third-order valence-corrected chi connectivity index (χ3v) is 5.09. The molecule has 8 heteroatoms. The lowest BCUT2D eigenvalue weighted by Crippen LogP contribution is -2.48. The molecule has 0 saturated heterocycles. The third-order valence-electron chi connectivity index (χ3n) is 2.93. The number of aliphatic carboxylic acids is 1. The highest BCUT2D eigenvalue weighted by Gasteiger charge is 2.31. The molecule has 2 amide bonds. The number of carboxylic acid groups (broad SMARTS) is 1. The van der Waals surface area contributed by atoms with Crippen molar-refractivity contribution in [3.05, 3.63) is 0 Å². The Balaban J connectivity index is 4.47. The molecule has 0 aliphatic carbocycles. The van der Waals surface area contributed by atoms with Gasteiger partial charge in [-0.3, -0.25) is 4.79 Å². The SMILES string of the molecule is CCN(CCC(=O)O)C(=O)NCC(C)(C)S(C)(=O)=O. The zero-order chi connectivity index (χ0) is 15.3. The van der Waals surface area contributed by atoms with E-state index >= 15 is 0 Å². The number of carbonyl (C=O) groups is 2. The van der Waals surface area contributed by atoms with Crippen LogP contribution in [-0.2, 0) is 14.6 Å².